The van der Waals surface area contributed by atoms with E-state index in [4.69, 9.17) is 11.6 Å². The number of aromatic nitrogens is 2. The van der Waals surface area contributed by atoms with E-state index < -0.39 is 29.9 Å². The van der Waals surface area contributed by atoms with Crippen LogP contribution < -0.4 is 10.4 Å². The van der Waals surface area contributed by atoms with Gasteiger partial charge in [-0.1, -0.05) is 17.7 Å². The first-order valence-corrected chi connectivity index (χ1v) is 7.40. The minimum Gasteiger partial charge on any atom is -0.543 e. The van der Waals surface area contributed by atoms with Gasteiger partial charge in [0.05, 0.1) is 12.0 Å². The number of fused-ring (bicyclic) bond motifs is 1. The number of anilines is 1. The molecule has 1 N–H and O–H groups in total. The van der Waals surface area contributed by atoms with Crippen molar-refractivity contribution in [2.45, 2.75) is 24.7 Å². The first kappa shape index (κ1) is 15.2. The predicted molar refractivity (Wildman–Crippen MR) is 72.0 cm³/mol. The second-order valence-electron chi connectivity index (χ2n) is 4.75. The second-order valence-corrected chi connectivity index (χ2v) is 6.11. The highest BCUT2D eigenvalue weighted by Gasteiger charge is 2.47. The average molecular weight is 351 g/mol. The molecule has 2 atom stereocenters. The van der Waals surface area contributed by atoms with E-state index in [2.05, 4.69) is 10.4 Å². The maximum atomic E-state index is 13.3. The zero-order valence-electron chi connectivity index (χ0n) is 10.7. The number of rotatable bonds is 2. The van der Waals surface area contributed by atoms with Crippen molar-refractivity contribution in [2.75, 3.05) is 5.32 Å². The normalized spacial score (nSPS) is 21.3. The van der Waals surface area contributed by atoms with Gasteiger partial charge >= 0.3 is 6.18 Å². The Kier molecular flexibility index (Phi) is 3.56. The van der Waals surface area contributed by atoms with Crippen LogP contribution in [0.15, 0.2) is 17.5 Å². The predicted octanol–water partition coefficient (Wildman–Crippen LogP) is 2.62. The van der Waals surface area contributed by atoms with Crippen LogP contribution in [0.3, 0.4) is 0 Å². The number of aromatic carboxylic acids is 1. The number of halogens is 4. The lowest BCUT2D eigenvalue weighted by Crippen LogP contribution is -2.35. The van der Waals surface area contributed by atoms with Crippen molar-refractivity contribution in [2.24, 2.45) is 0 Å². The molecule has 0 saturated heterocycles. The van der Waals surface area contributed by atoms with Gasteiger partial charge in [-0.2, -0.15) is 18.3 Å². The van der Waals surface area contributed by atoms with Crippen LogP contribution in [0.1, 0.15) is 33.9 Å². The zero-order valence-corrected chi connectivity index (χ0v) is 12.3. The van der Waals surface area contributed by atoms with E-state index in [9.17, 15) is 23.1 Å². The molecule has 0 aromatic carbocycles. The molecule has 2 aromatic heterocycles. The Bertz CT molecular complexity index is 714. The lowest BCUT2D eigenvalue weighted by molar-refractivity contribution is -0.255. The number of thiophene rings is 1. The van der Waals surface area contributed by atoms with Crippen LogP contribution in [0.2, 0.25) is 5.02 Å². The first-order chi connectivity index (χ1) is 10.3. The maximum absolute atomic E-state index is 13.3. The standard InChI is InChI=1S/C12H9ClF3N3O2S/c13-8-9(11(20)21)18-19-7(12(14,15)16)4-5(17-10(8)19)6-2-1-3-22-6/h1-3,5,7,17H,4H2,(H,20,21)/p-1/t5-,7+/m1/s1. The quantitative estimate of drug-likeness (QED) is 0.904. The minimum atomic E-state index is -4.58. The summed E-state index contributed by atoms with van der Waals surface area (Å²) in [5.41, 5.74) is -0.703. The zero-order chi connectivity index (χ0) is 16.1. The summed E-state index contributed by atoms with van der Waals surface area (Å²) in [6.45, 7) is 0. The lowest BCUT2D eigenvalue weighted by Gasteiger charge is -2.33. The van der Waals surface area contributed by atoms with Gasteiger partial charge < -0.3 is 15.2 Å². The molecular weight excluding hydrogens is 343 g/mol. The molecule has 1 aliphatic rings. The van der Waals surface area contributed by atoms with Gasteiger partial charge in [-0.05, 0) is 11.4 Å². The number of nitrogens with one attached hydrogen (secondary N) is 1. The highest BCUT2D eigenvalue weighted by atomic mass is 35.5. The summed E-state index contributed by atoms with van der Waals surface area (Å²) in [6, 6.07) is 0.851. The number of alkyl halides is 3. The third kappa shape index (κ3) is 2.44. The number of hydrogen-bond acceptors (Lipinski definition) is 5. The molecule has 0 spiro atoms. The van der Waals surface area contributed by atoms with Gasteiger partial charge in [0.15, 0.2) is 6.04 Å². The average Bonchev–Trinajstić information content (AvgIpc) is 3.05. The van der Waals surface area contributed by atoms with Crippen molar-refractivity contribution in [1.82, 2.24) is 9.78 Å². The smallest absolute Gasteiger partial charge is 0.410 e. The molecule has 22 heavy (non-hydrogen) atoms. The van der Waals surface area contributed by atoms with Crippen LogP contribution in [0.25, 0.3) is 0 Å². The van der Waals surface area contributed by atoms with Crippen molar-refractivity contribution in [3.8, 4) is 0 Å². The molecule has 2 aromatic rings. The number of carbonyl (C=O) groups excluding carboxylic acids is 1. The van der Waals surface area contributed by atoms with E-state index in [1.54, 1.807) is 17.5 Å². The first-order valence-electron chi connectivity index (χ1n) is 6.15. The number of nitrogens with zero attached hydrogens (tertiary/aromatic N) is 2. The fourth-order valence-electron chi connectivity index (χ4n) is 2.40. The van der Waals surface area contributed by atoms with E-state index in [1.807, 2.05) is 0 Å². The summed E-state index contributed by atoms with van der Waals surface area (Å²) in [7, 11) is 0. The Labute approximate surface area is 131 Å². The van der Waals surface area contributed by atoms with Gasteiger partial charge in [-0.3, -0.25) is 0 Å². The number of hydrogen-bond donors (Lipinski definition) is 1. The topological polar surface area (TPSA) is 70.0 Å². The van der Waals surface area contributed by atoms with E-state index in [0.29, 0.717) is 9.56 Å². The lowest BCUT2D eigenvalue weighted by atomic mass is 10.0. The molecule has 0 fully saturated rings. The van der Waals surface area contributed by atoms with E-state index in [1.165, 1.54) is 11.3 Å². The molecular formula is C12H8ClF3N3O2S-. The van der Waals surface area contributed by atoms with Crippen molar-refractivity contribution < 1.29 is 23.1 Å². The van der Waals surface area contributed by atoms with E-state index in [0.717, 1.165) is 0 Å². The highest BCUT2D eigenvalue weighted by molar-refractivity contribution is 7.10. The van der Waals surface area contributed by atoms with Crippen LogP contribution in [0.5, 0.6) is 0 Å². The van der Waals surface area contributed by atoms with E-state index >= 15 is 0 Å². The molecule has 1 aliphatic heterocycles. The van der Waals surface area contributed by atoms with Crippen LogP contribution in [0, 0.1) is 0 Å². The maximum Gasteiger partial charge on any atom is 0.410 e. The second kappa shape index (κ2) is 5.17. The monoisotopic (exact) mass is 350 g/mol. The molecule has 5 nitrogen and oxygen atoms in total. The van der Waals surface area contributed by atoms with Gasteiger partial charge in [-0.15, -0.1) is 11.3 Å². The molecule has 0 radical (unpaired) electrons. The SMILES string of the molecule is O=C([O-])c1nn2c(c1Cl)N[C@@H](c1cccs1)C[C@H]2C(F)(F)F. The van der Waals surface area contributed by atoms with Crippen molar-refractivity contribution in [3.05, 3.63) is 33.1 Å². The third-order valence-electron chi connectivity index (χ3n) is 3.38. The Morgan fingerprint density at radius 2 is 2.27 bits per heavy atom. The van der Waals surface area contributed by atoms with Crippen LogP contribution in [-0.2, 0) is 0 Å². The third-order valence-corrected chi connectivity index (χ3v) is 4.72. The Hall–Kier alpha value is -1.74. The Morgan fingerprint density at radius 1 is 1.55 bits per heavy atom. The highest BCUT2D eigenvalue weighted by Crippen LogP contribution is 2.46. The summed E-state index contributed by atoms with van der Waals surface area (Å²) in [4.78, 5) is 11.6. The molecule has 0 unspecified atom stereocenters. The fraction of sp³-hybridized carbons (Fsp3) is 0.333. The summed E-state index contributed by atoms with van der Waals surface area (Å²) >= 11 is 7.15. The number of carboxylic acid groups (broad SMARTS) is 1. The van der Waals surface area contributed by atoms with Gasteiger partial charge in [0.25, 0.3) is 0 Å². The Morgan fingerprint density at radius 3 is 2.82 bits per heavy atom. The van der Waals surface area contributed by atoms with Crippen LogP contribution in [0.4, 0.5) is 19.0 Å². The Balaban J connectivity index is 2.10. The van der Waals surface area contributed by atoms with Crippen LogP contribution in [-0.4, -0.2) is 21.9 Å². The summed E-state index contributed by atoms with van der Waals surface area (Å²) < 4.78 is 40.4. The largest absolute Gasteiger partial charge is 0.543 e. The van der Waals surface area contributed by atoms with Crippen molar-refractivity contribution >= 4 is 34.7 Å². The van der Waals surface area contributed by atoms with Crippen molar-refractivity contribution in [3.63, 3.8) is 0 Å². The van der Waals surface area contributed by atoms with Gasteiger partial charge in [-0.25, -0.2) is 4.68 Å². The minimum absolute atomic E-state index is 0.159. The summed E-state index contributed by atoms with van der Waals surface area (Å²) in [5, 5.41) is 18.6. The van der Waals surface area contributed by atoms with Gasteiger partial charge in [0.1, 0.15) is 16.5 Å². The molecule has 118 valence electrons. The van der Waals surface area contributed by atoms with Crippen LogP contribution >= 0.6 is 22.9 Å². The molecule has 3 rings (SSSR count). The van der Waals surface area contributed by atoms with E-state index in [-0.39, 0.29) is 17.3 Å². The summed E-state index contributed by atoms with van der Waals surface area (Å²) in [5.74, 6) is -1.88. The molecule has 10 heteroatoms. The van der Waals surface area contributed by atoms with Gasteiger partial charge in [0.2, 0.25) is 0 Å². The molecule has 0 amide bonds. The molecule has 3 heterocycles. The molecule has 0 saturated carbocycles. The molecule has 0 aliphatic carbocycles. The number of carboxylic acids is 1. The van der Waals surface area contributed by atoms with Gasteiger partial charge in [0, 0.05) is 11.3 Å². The number of carbonyl (C=O) groups is 1. The summed E-state index contributed by atoms with van der Waals surface area (Å²) in [6.07, 6.45) is -4.88. The van der Waals surface area contributed by atoms with Crippen molar-refractivity contribution in [1.29, 1.82) is 0 Å². The fourth-order valence-corrected chi connectivity index (χ4v) is 3.44. The molecule has 0 bridgehead atoms.